The van der Waals surface area contributed by atoms with Crippen molar-refractivity contribution >= 4 is 11.9 Å². The van der Waals surface area contributed by atoms with Crippen molar-refractivity contribution in [2.24, 2.45) is 0 Å². The summed E-state index contributed by atoms with van der Waals surface area (Å²) in [6, 6.07) is 13.2. The summed E-state index contributed by atoms with van der Waals surface area (Å²) in [5.41, 5.74) is 8.07. The predicted molar refractivity (Wildman–Crippen MR) is 82.4 cm³/mol. The lowest BCUT2D eigenvalue weighted by Crippen LogP contribution is -2.07. The Balaban J connectivity index is 1.79. The second-order valence-electron chi connectivity index (χ2n) is 5.25. The quantitative estimate of drug-likeness (QED) is 0.748. The van der Waals surface area contributed by atoms with E-state index >= 15 is 0 Å². The van der Waals surface area contributed by atoms with E-state index in [1.807, 2.05) is 30.3 Å². The molecule has 0 aliphatic carbocycles. The lowest BCUT2D eigenvalue weighted by molar-refractivity contribution is 0.0382. The van der Waals surface area contributed by atoms with Gasteiger partial charge in [-0.25, -0.2) is 14.8 Å². The summed E-state index contributed by atoms with van der Waals surface area (Å²) in [6.45, 7) is 0. The number of nitrogens with two attached hydrogens (primary N) is 1. The number of hydrogen-bond acceptors (Lipinski definition) is 6. The van der Waals surface area contributed by atoms with Gasteiger partial charge < -0.3 is 14.9 Å². The summed E-state index contributed by atoms with van der Waals surface area (Å²) in [4.78, 5) is 20.7. The molecule has 1 aliphatic rings. The normalized spacial score (nSPS) is 16.2. The monoisotopic (exact) mass is 307 g/mol. The Hall–Kier alpha value is -3.15. The number of carbonyl (C=O) groups excluding carboxylic acids is 1. The minimum atomic E-state index is -0.473. The molecule has 0 radical (unpaired) electrons. The number of hydrogen-bond donors (Lipinski definition) is 1. The highest BCUT2D eigenvalue weighted by Crippen LogP contribution is 2.37. The summed E-state index contributed by atoms with van der Waals surface area (Å²) in [5, 5.41) is 0. The zero-order chi connectivity index (χ0) is 15.8. The molecule has 6 nitrogen and oxygen atoms in total. The fraction of sp³-hybridized carbons (Fsp3) is 0.118. The van der Waals surface area contributed by atoms with Gasteiger partial charge in [-0.2, -0.15) is 0 Å². The lowest BCUT2D eigenvalue weighted by Gasteiger charge is -2.10. The molecule has 0 unspecified atom stereocenters. The zero-order valence-corrected chi connectivity index (χ0v) is 12.1. The first-order chi connectivity index (χ1) is 11.2. The van der Waals surface area contributed by atoms with Crippen LogP contribution in [0.1, 0.15) is 27.7 Å². The number of rotatable bonds is 3. The number of furan rings is 1. The van der Waals surface area contributed by atoms with Gasteiger partial charge in [-0.3, -0.25) is 0 Å². The summed E-state index contributed by atoms with van der Waals surface area (Å²) in [7, 11) is 0. The van der Waals surface area contributed by atoms with Gasteiger partial charge in [0, 0.05) is 6.42 Å². The standard InChI is InChI=1S/C17H13N3O3/c18-17-19-14(11-7-4-8-22-11)13-15(20-17)12(23-16(13)21)9-10-5-2-1-3-6-10/h1-8,12H,9H2,(H2,18,19,20)/t12-/m1/s1. The maximum absolute atomic E-state index is 12.3. The molecule has 23 heavy (non-hydrogen) atoms. The third kappa shape index (κ3) is 2.34. The number of benzene rings is 1. The number of aromatic nitrogens is 2. The van der Waals surface area contributed by atoms with Crippen LogP contribution in [0, 0.1) is 0 Å². The summed E-state index contributed by atoms with van der Waals surface area (Å²) >= 11 is 0. The molecule has 3 heterocycles. The Morgan fingerprint density at radius 2 is 1.91 bits per heavy atom. The molecule has 2 aromatic heterocycles. The number of fused-ring (bicyclic) bond motifs is 1. The Bertz CT molecular complexity index is 860. The Morgan fingerprint density at radius 3 is 2.65 bits per heavy atom. The van der Waals surface area contributed by atoms with E-state index < -0.39 is 12.1 Å². The Labute approximate surface area is 131 Å². The van der Waals surface area contributed by atoms with Gasteiger partial charge in [0.25, 0.3) is 0 Å². The molecule has 4 rings (SSSR count). The molecule has 1 aromatic carbocycles. The fourth-order valence-corrected chi connectivity index (χ4v) is 2.73. The second kappa shape index (κ2) is 5.24. The van der Waals surface area contributed by atoms with Crippen LogP contribution in [-0.4, -0.2) is 15.9 Å². The molecule has 0 saturated carbocycles. The Morgan fingerprint density at radius 1 is 1.09 bits per heavy atom. The first-order valence-corrected chi connectivity index (χ1v) is 7.18. The van der Waals surface area contributed by atoms with Crippen molar-refractivity contribution in [2.45, 2.75) is 12.5 Å². The van der Waals surface area contributed by atoms with E-state index in [1.54, 1.807) is 12.1 Å². The number of carbonyl (C=O) groups is 1. The van der Waals surface area contributed by atoms with E-state index in [9.17, 15) is 4.79 Å². The van der Waals surface area contributed by atoms with Gasteiger partial charge in [0.2, 0.25) is 5.95 Å². The maximum Gasteiger partial charge on any atom is 0.343 e. The molecule has 0 fully saturated rings. The van der Waals surface area contributed by atoms with Crippen LogP contribution in [0.15, 0.2) is 53.1 Å². The molecule has 114 valence electrons. The molecule has 0 spiro atoms. The van der Waals surface area contributed by atoms with E-state index in [0.29, 0.717) is 29.1 Å². The van der Waals surface area contributed by atoms with Crippen LogP contribution in [0.2, 0.25) is 0 Å². The smallest absolute Gasteiger partial charge is 0.343 e. The molecule has 0 bridgehead atoms. The first-order valence-electron chi connectivity index (χ1n) is 7.18. The third-order valence-corrected chi connectivity index (χ3v) is 3.73. The van der Waals surface area contributed by atoms with Gasteiger partial charge in [0.15, 0.2) is 5.76 Å². The molecule has 1 atom stereocenters. The Kier molecular flexibility index (Phi) is 3.08. The number of cyclic esters (lactones) is 1. The largest absolute Gasteiger partial charge is 0.463 e. The molecular weight excluding hydrogens is 294 g/mol. The number of esters is 1. The summed E-state index contributed by atoms with van der Waals surface area (Å²) < 4.78 is 10.8. The third-order valence-electron chi connectivity index (χ3n) is 3.73. The fourth-order valence-electron chi connectivity index (χ4n) is 2.73. The van der Waals surface area contributed by atoms with Crippen LogP contribution in [0.4, 0.5) is 5.95 Å². The van der Waals surface area contributed by atoms with Gasteiger partial charge in [-0.05, 0) is 17.7 Å². The van der Waals surface area contributed by atoms with E-state index in [2.05, 4.69) is 9.97 Å². The van der Waals surface area contributed by atoms with Crippen molar-refractivity contribution in [2.75, 3.05) is 5.73 Å². The highest BCUT2D eigenvalue weighted by molar-refractivity contribution is 5.99. The number of anilines is 1. The first kappa shape index (κ1) is 13.5. The SMILES string of the molecule is Nc1nc(-c2ccco2)c2c(n1)[C@@H](Cc1ccccc1)OC2=O. The van der Waals surface area contributed by atoms with E-state index in [4.69, 9.17) is 14.9 Å². The van der Waals surface area contributed by atoms with Crippen LogP contribution in [-0.2, 0) is 11.2 Å². The molecular formula is C17H13N3O3. The van der Waals surface area contributed by atoms with Crippen LogP contribution in [0.3, 0.4) is 0 Å². The van der Waals surface area contributed by atoms with E-state index in [-0.39, 0.29) is 5.95 Å². The molecule has 2 N–H and O–H groups in total. The highest BCUT2D eigenvalue weighted by Gasteiger charge is 2.37. The van der Waals surface area contributed by atoms with E-state index in [1.165, 1.54) is 6.26 Å². The van der Waals surface area contributed by atoms with Crippen LogP contribution >= 0.6 is 0 Å². The summed E-state index contributed by atoms with van der Waals surface area (Å²) in [5.74, 6) is 0.103. The number of ether oxygens (including phenoxy) is 1. The van der Waals surface area contributed by atoms with Crippen molar-refractivity contribution in [1.82, 2.24) is 9.97 Å². The van der Waals surface area contributed by atoms with Gasteiger partial charge in [0.1, 0.15) is 23.1 Å². The van der Waals surface area contributed by atoms with Crippen molar-refractivity contribution < 1.29 is 13.9 Å². The van der Waals surface area contributed by atoms with Crippen LogP contribution < -0.4 is 5.73 Å². The lowest BCUT2D eigenvalue weighted by atomic mass is 10.0. The number of nitrogen functional groups attached to an aromatic ring is 1. The maximum atomic E-state index is 12.3. The predicted octanol–water partition coefficient (Wildman–Crippen LogP) is 2.77. The molecule has 6 heteroatoms. The van der Waals surface area contributed by atoms with Crippen molar-refractivity contribution in [1.29, 1.82) is 0 Å². The molecule has 0 saturated heterocycles. The average Bonchev–Trinajstić information content (AvgIpc) is 3.17. The van der Waals surface area contributed by atoms with Gasteiger partial charge in [0.05, 0.1) is 6.26 Å². The molecule has 0 amide bonds. The minimum Gasteiger partial charge on any atom is -0.463 e. The minimum absolute atomic E-state index is 0.0894. The van der Waals surface area contributed by atoms with Crippen LogP contribution in [0.25, 0.3) is 11.5 Å². The van der Waals surface area contributed by atoms with Crippen molar-refractivity contribution in [3.8, 4) is 11.5 Å². The molecule has 3 aromatic rings. The van der Waals surface area contributed by atoms with Gasteiger partial charge >= 0.3 is 5.97 Å². The average molecular weight is 307 g/mol. The second-order valence-corrected chi connectivity index (χ2v) is 5.25. The van der Waals surface area contributed by atoms with Gasteiger partial charge in [-0.1, -0.05) is 30.3 Å². The number of nitrogens with zero attached hydrogens (tertiary/aromatic N) is 2. The van der Waals surface area contributed by atoms with Crippen LogP contribution in [0.5, 0.6) is 0 Å². The highest BCUT2D eigenvalue weighted by atomic mass is 16.5. The molecule has 1 aliphatic heterocycles. The van der Waals surface area contributed by atoms with Crippen molar-refractivity contribution in [3.63, 3.8) is 0 Å². The van der Waals surface area contributed by atoms with Gasteiger partial charge in [-0.15, -0.1) is 0 Å². The van der Waals surface area contributed by atoms with E-state index in [0.717, 1.165) is 5.56 Å². The summed E-state index contributed by atoms with van der Waals surface area (Å²) in [6.07, 6.45) is 1.58. The zero-order valence-electron chi connectivity index (χ0n) is 12.1. The van der Waals surface area contributed by atoms with Crippen molar-refractivity contribution in [3.05, 3.63) is 65.5 Å². The topological polar surface area (TPSA) is 91.2 Å².